The first-order valence-electron chi connectivity index (χ1n) is 11.3. The standard InChI is InChI=1S/C24H24N8O2/c33-22-10-16(24(34)30-22)9-17-12-26-32-21(28-18-4-5-18)11-20(29-23(17)32)27-19-3-1-2-15(8-19)13-31-7-6-25-14-31/h1-3,6-9,11-12,14,18,22,28,33H,4-5,10,13H2,(H,27,29)(H,30,34)/b16-9+. The normalized spacial score (nSPS) is 19.0. The van der Waals surface area contributed by atoms with Gasteiger partial charge in [-0.05, 0) is 36.6 Å². The van der Waals surface area contributed by atoms with Crippen molar-refractivity contribution in [3.8, 4) is 0 Å². The summed E-state index contributed by atoms with van der Waals surface area (Å²) < 4.78 is 3.78. The molecule has 4 heterocycles. The molecule has 1 saturated heterocycles. The Bertz CT molecular complexity index is 1390. The maximum Gasteiger partial charge on any atom is 0.249 e. The van der Waals surface area contributed by atoms with Crippen LogP contribution in [0.25, 0.3) is 11.7 Å². The van der Waals surface area contributed by atoms with E-state index >= 15 is 0 Å². The third-order valence-electron chi connectivity index (χ3n) is 5.88. The summed E-state index contributed by atoms with van der Waals surface area (Å²) in [7, 11) is 0. The number of fused-ring (bicyclic) bond motifs is 1. The summed E-state index contributed by atoms with van der Waals surface area (Å²) in [5, 5.41) is 23.7. The highest BCUT2D eigenvalue weighted by Crippen LogP contribution is 2.29. The highest BCUT2D eigenvalue weighted by molar-refractivity contribution is 6.00. The van der Waals surface area contributed by atoms with Crippen LogP contribution in [-0.4, -0.2) is 47.4 Å². The maximum absolute atomic E-state index is 12.1. The fraction of sp³-hybridized carbons (Fsp3) is 0.250. The van der Waals surface area contributed by atoms with E-state index in [1.807, 2.05) is 29.0 Å². The SMILES string of the molecule is O=C1NC(O)C/C1=C\c1cnn2c(NC3CC3)cc(Nc3cccc(Cn4ccnc4)c3)nc12. The average Bonchev–Trinajstić information content (AvgIpc) is 3.15. The Morgan fingerprint density at radius 2 is 2.18 bits per heavy atom. The first-order chi connectivity index (χ1) is 16.6. The summed E-state index contributed by atoms with van der Waals surface area (Å²) in [4.78, 5) is 21.0. The molecule has 1 saturated carbocycles. The molecular formula is C24H24N8O2. The molecule has 10 heteroatoms. The number of hydrogen-bond acceptors (Lipinski definition) is 7. The number of imidazole rings is 1. The zero-order valence-electron chi connectivity index (χ0n) is 18.3. The predicted molar refractivity (Wildman–Crippen MR) is 127 cm³/mol. The van der Waals surface area contributed by atoms with Crippen molar-refractivity contribution in [2.24, 2.45) is 0 Å². The molecule has 10 nitrogen and oxygen atoms in total. The van der Waals surface area contributed by atoms with Crippen molar-refractivity contribution in [2.45, 2.75) is 38.1 Å². The second-order valence-corrected chi connectivity index (χ2v) is 8.70. The van der Waals surface area contributed by atoms with Gasteiger partial charge in [-0.3, -0.25) is 4.79 Å². The molecule has 4 N–H and O–H groups in total. The monoisotopic (exact) mass is 456 g/mol. The van der Waals surface area contributed by atoms with Crippen molar-refractivity contribution in [1.82, 2.24) is 29.5 Å². The molecule has 0 radical (unpaired) electrons. The zero-order valence-corrected chi connectivity index (χ0v) is 18.3. The zero-order chi connectivity index (χ0) is 23.1. The lowest BCUT2D eigenvalue weighted by Gasteiger charge is -2.12. The number of nitrogens with one attached hydrogen (secondary N) is 3. The smallest absolute Gasteiger partial charge is 0.249 e. The lowest BCUT2D eigenvalue weighted by molar-refractivity contribution is -0.117. The Kier molecular flexibility index (Phi) is 4.99. The summed E-state index contributed by atoms with van der Waals surface area (Å²) in [5.41, 5.74) is 3.91. The second-order valence-electron chi connectivity index (χ2n) is 8.70. The van der Waals surface area contributed by atoms with E-state index in [9.17, 15) is 9.90 Å². The number of rotatable bonds is 7. The van der Waals surface area contributed by atoms with Crippen LogP contribution < -0.4 is 16.0 Å². The largest absolute Gasteiger partial charge is 0.373 e. The molecule has 172 valence electrons. The quantitative estimate of drug-likeness (QED) is 0.315. The van der Waals surface area contributed by atoms with Crippen molar-refractivity contribution < 1.29 is 9.90 Å². The van der Waals surface area contributed by atoms with Gasteiger partial charge in [0.05, 0.1) is 12.5 Å². The minimum absolute atomic E-state index is 0.255. The molecule has 1 unspecified atom stereocenters. The van der Waals surface area contributed by atoms with E-state index in [0.29, 0.717) is 23.1 Å². The van der Waals surface area contributed by atoms with Gasteiger partial charge in [-0.25, -0.2) is 9.97 Å². The van der Waals surface area contributed by atoms with E-state index < -0.39 is 6.23 Å². The van der Waals surface area contributed by atoms with Gasteiger partial charge in [0.2, 0.25) is 5.91 Å². The van der Waals surface area contributed by atoms with Crippen LogP contribution in [0.15, 0.2) is 60.8 Å². The number of aliphatic hydroxyl groups is 1. The molecule has 1 aliphatic heterocycles. The lowest BCUT2D eigenvalue weighted by atomic mass is 10.1. The van der Waals surface area contributed by atoms with Gasteiger partial charge in [0.25, 0.3) is 0 Å². The second kappa shape index (κ2) is 8.31. The topological polar surface area (TPSA) is 121 Å². The van der Waals surface area contributed by atoms with E-state index in [0.717, 1.165) is 42.0 Å². The van der Waals surface area contributed by atoms with E-state index in [1.54, 1.807) is 29.3 Å². The highest BCUT2D eigenvalue weighted by Gasteiger charge is 2.26. The molecular weight excluding hydrogens is 432 g/mol. The molecule has 1 atom stereocenters. The van der Waals surface area contributed by atoms with Crippen LogP contribution in [0.4, 0.5) is 17.3 Å². The molecule has 3 aromatic heterocycles. The van der Waals surface area contributed by atoms with Gasteiger partial charge in [-0.1, -0.05) is 12.1 Å². The molecule has 1 aliphatic carbocycles. The van der Waals surface area contributed by atoms with Crippen LogP contribution in [0.1, 0.15) is 30.4 Å². The molecule has 6 rings (SSSR count). The van der Waals surface area contributed by atoms with Crippen LogP contribution in [-0.2, 0) is 11.3 Å². The number of aliphatic hydroxyl groups excluding tert-OH is 1. The third-order valence-corrected chi connectivity index (χ3v) is 5.88. The Hall–Kier alpha value is -4.18. The van der Waals surface area contributed by atoms with Crippen LogP contribution in [0.5, 0.6) is 0 Å². The van der Waals surface area contributed by atoms with Gasteiger partial charge < -0.3 is 25.6 Å². The predicted octanol–water partition coefficient (Wildman–Crippen LogP) is 2.51. The molecule has 1 amide bonds. The number of nitrogens with zero attached hydrogens (tertiary/aromatic N) is 5. The summed E-state index contributed by atoms with van der Waals surface area (Å²) in [6, 6.07) is 10.5. The fourth-order valence-corrected chi connectivity index (χ4v) is 4.08. The van der Waals surface area contributed by atoms with Crippen molar-refractivity contribution in [2.75, 3.05) is 10.6 Å². The number of anilines is 3. The summed E-state index contributed by atoms with van der Waals surface area (Å²) in [6.45, 7) is 0.727. The first-order valence-corrected chi connectivity index (χ1v) is 11.3. The fourth-order valence-electron chi connectivity index (χ4n) is 4.08. The van der Waals surface area contributed by atoms with E-state index in [-0.39, 0.29) is 12.3 Å². The minimum Gasteiger partial charge on any atom is -0.373 e. The number of benzene rings is 1. The summed E-state index contributed by atoms with van der Waals surface area (Å²) >= 11 is 0. The summed E-state index contributed by atoms with van der Waals surface area (Å²) in [6.07, 6.45) is 10.6. The Morgan fingerprint density at radius 3 is 2.94 bits per heavy atom. The first kappa shape index (κ1) is 20.4. The molecule has 34 heavy (non-hydrogen) atoms. The highest BCUT2D eigenvalue weighted by atomic mass is 16.3. The Balaban J connectivity index is 1.34. The van der Waals surface area contributed by atoms with Crippen molar-refractivity contribution in [3.05, 3.63) is 71.9 Å². The van der Waals surface area contributed by atoms with E-state index in [4.69, 9.17) is 4.98 Å². The van der Waals surface area contributed by atoms with Gasteiger partial charge in [-0.2, -0.15) is 9.61 Å². The number of aromatic nitrogens is 5. The van der Waals surface area contributed by atoms with Gasteiger partial charge in [0.15, 0.2) is 5.65 Å². The van der Waals surface area contributed by atoms with Gasteiger partial charge in [-0.15, -0.1) is 0 Å². The summed E-state index contributed by atoms with van der Waals surface area (Å²) in [5.74, 6) is 1.24. The lowest BCUT2D eigenvalue weighted by Crippen LogP contribution is -2.24. The molecule has 2 aliphatic rings. The maximum atomic E-state index is 12.1. The van der Waals surface area contributed by atoms with Crippen LogP contribution >= 0.6 is 0 Å². The molecule has 2 fully saturated rings. The number of carbonyl (C=O) groups excluding carboxylic acids is 1. The molecule has 0 bridgehead atoms. The average molecular weight is 457 g/mol. The minimum atomic E-state index is -0.854. The van der Waals surface area contributed by atoms with Crippen LogP contribution in [0.3, 0.4) is 0 Å². The van der Waals surface area contributed by atoms with Gasteiger partial charge >= 0.3 is 0 Å². The Morgan fingerprint density at radius 1 is 1.26 bits per heavy atom. The third kappa shape index (κ3) is 4.23. The van der Waals surface area contributed by atoms with E-state index in [2.05, 4.69) is 38.2 Å². The molecule has 4 aromatic rings. The molecule has 0 spiro atoms. The number of hydrogen-bond donors (Lipinski definition) is 4. The van der Waals surface area contributed by atoms with Crippen molar-refractivity contribution >= 4 is 35.0 Å². The number of carbonyl (C=O) groups is 1. The Labute approximate surface area is 195 Å². The van der Waals surface area contributed by atoms with E-state index in [1.165, 1.54) is 0 Å². The number of amides is 1. The van der Waals surface area contributed by atoms with Gasteiger partial charge in [0.1, 0.15) is 17.9 Å². The van der Waals surface area contributed by atoms with Crippen LogP contribution in [0.2, 0.25) is 0 Å². The molecule has 1 aromatic carbocycles. The van der Waals surface area contributed by atoms with Gasteiger partial charge in [0, 0.05) is 54.3 Å². The van der Waals surface area contributed by atoms with Crippen molar-refractivity contribution in [3.63, 3.8) is 0 Å². The van der Waals surface area contributed by atoms with Crippen molar-refractivity contribution in [1.29, 1.82) is 0 Å². The van der Waals surface area contributed by atoms with Crippen LogP contribution in [0, 0.1) is 0 Å².